The second-order valence-electron chi connectivity index (χ2n) is 15.6. The van der Waals surface area contributed by atoms with Crippen molar-refractivity contribution in [2.45, 2.75) is 19.3 Å². The van der Waals surface area contributed by atoms with E-state index in [9.17, 15) is 0 Å². The highest BCUT2D eigenvalue weighted by atomic mass is 32.1. The highest BCUT2D eigenvalue weighted by Gasteiger charge is 2.37. The van der Waals surface area contributed by atoms with Crippen molar-refractivity contribution in [3.63, 3.8) is 0 Å². The van der Waals surface area contributed by atoms with Crippen molar-refractivity contribution in [1.82, 2.24) is 15.0 Å². The molecule has 0 unspecified atom stereocenters. The molecule has 0 fully saturated rings. The van der Waals surface area contributed by atoms with E-state index in [2.05, 4.69) is 202 Å². The van der Waals surface area contributed by atoms with Gasteiger partial charge in [-0.15, -0.1) is 11.3 Å². The third kappa shape index (κ3) is 5.68. The first-order chi connectivity index (χ1) is 28.5. The summed E-state index contributed by atoms with van der Waals surface area (Å²) in [6.45, 7) is 4.62. The van der Waals surface area contributed by atoms with Gasteiger partial charge >= 0.3 is 0 Å². The number of hydrogen-bond acceptors (Lipinski definition) is 4. The van der Waals surface area contributed by atoms with Crippen LogP contribution in [-0.2, 0) is 5.41 Å². The Kier molecular flexibility index (Phi) is 8.02. The molecule has 0 amide bonds. The molecule has 3 nitrogen and oxygen atoms in total. The topological polar surface area (TPSA) is 38.7 Å². The van der Waals surface area contributed by atoms with Gasteiger partial charge in [0, 0.05) is 42.3 Å². The number of thiophene rings is 1. The quantitative estimate of drug-likeness (QED) is 0.169. The molecule has 4 heteroatoms. The number of hydrogen-bond donors (Lipinski definition) is 0. The lowest BCUT2D eigenvalue weighted by Crippen LogP contribution is -2.14. The zero-order valence-corrected chi connectivity index (χ0v) is 33.0. The summed E-state index contributed by atoms with van der Waals surface area (Å²) in [7, 11) is 0. The minimum absolute atomic E-state index is 0.150. The van der Waals surface area contributed by atoms with E-state index in [1.54, 1.807) is 0 Å². The Morgan fingerprint density at radius 2 is 0.879 bits per heavy atom. The molecule has 11 rings (SSSR count). The van der Waals surface area contributed by atoms with Crippen LogP contribution in [0.4, 0.5) is 0 Å². The van der Waals surface area contributed by atoms with Crippen molar-refractivity contribution in [3.8, 4) is 78.7 Å². The van der Waals surface area contributed by atoms with E-state index in [0.29, 0.717) is 17.5 Å². The lowest BCUT2D eigenvalue weighted by molar-refractivity contribution is 0.660. The van der Waals surface area contributed by atoms with Gasteiger partial charge in [0.1, 0.15) is 0 Å². The fourth-order valence-corrected chi connectivity index (χ4v) is 10.1. The van der Waals surface area contributed by atoms with Crippen molar-refractivity contribution in [1.29, 1.82) is 0 Å². The average molecular weight is 760 g/mol. The zero-order valence-electron chi connectivity index (χ0n) is 32.1. The van der Waals surface area contributed by atoms with Crippen LogP contribution in [0.3, 0.4) is 0 Å². The van der Waals surface area contributed by atoms with Crippen LogP contribution < -0.4 is 0 Å². The molecular formula is C54H37N3S. The van der Waals surface area contributed by atoms with E-state index in [1.165, 1.54) is 48.0 Å². The number of nitrogens with zero attached hydrogens (tertiary/aromatic N) is 3. The van der Waals surface area contributed by atoms with Gasteiger partial charge < -0.3 is 0 Å². The first-order valence-electron chi connectivity index (χ1n) is 19.8. The van der Waals surface area contributed by atoms with E-state index >= 15 is 0 Å². The zero-order chi connectivity index (χ0) is 38.8. The summed E-state index contributed by atoms with van der Waals surface area (Å²) < 4.78 is 2.60. The molecule has 58 heavy (non-hydrogen) atoms. The monoisotopic (exact) mass is 759 g/mol. The van der Waals surface area contributed by atoms with Crippen LogP contribution in [0.2, 0.25) is 0 Å². The molecule has 2 aromatic heterocycles. The van der Waals surface area contributed by atoms with Crippen molar-refractivity contribution in [3.05, 3.63) is 199 Å². The van der Waals surface area contributed by atoms with Crippen LogP contribution in [0.15, 0.2) is 188 Å². The summed E-state index contributed by atoms with van der Waals surface area (Å²) in [5.74, 6) is 1.94. The fourth-order valence-electron chi connectivity index (χ4n) is 8.82. The van der Waals surface area contributed by atoms with Gasteiger partial charge in [0.05, 0.1) is 0 Å². The summed E-state index contributed by atoms with van der Waals surface area (Å²) in [6, 6.07) is 67.2. The summed E-state index contributed by atoms with van der Waals surface area (Å²) in [4.78, 5) is 16.0. The lowest BCUT2D eigenvalue weighted by atomic mass is 9.82. The molecule has 0 radical (unpaired) electrons. The maximum Gasteiger partial charge on any atom is 0.164 e. The third-order valence-electron chi connectivity index (χ3n) is 11.7. The Balaban J connectivity index is 1.11. The van der Waals surface area contributed by atoms with Gasteiger partial charge in [0.2, 0.25) is 0 Å². The average Bonchev–Trinajstić information content (AvgIpc) is 3.79. The van der Waals surface area contributed by atoms with Crippen LogP contribution in [0.25, 0.3) is 98.8 Å². The predicted octanol–water partition coefficient (Wildman–Crippen LogP) is 14.5. The molecule has 0 atom stereocenters. The van der Waals surface area contributed by atoms with Gasteiger partial charge in [-0.3, -0.25) is 0 Å². The molecule has 274 valence electrons. The van der Waals surface area contributed by atoms with Crippen LogP contribution in [-0.4, -0.2) is 15.0 Å². The Bertz CT molecular complexity index is 3120. The molecule has 2 heterocycles. The number of aromatic nitrogens is 3. The summed E-state index contributed by atoms with van der Waals surface area (Å²) in [5.41, 5.74) is 14.7. The number of fused-ring (bicyclic) bond motifs is 6. The van der Waals surface area contributed by atoms with Gasteiger partial charge in [-0.25, -0.2) is 15.0 Å². The molecule has 8 aromatic carbocycles. The van der Waals surface area contributed by atoms with Crippen LogP contribution in [0.1, 0.15) is 25.0 Å². The summed E-state index contributed by atoms with van der Waals surface area (Å²) >= 11 is 1.85. The molecule has 0 bridgehead atoms. The van der Waals surface area contributed by atoms with Crippen LogP contribution in [0, 0.1) is 0 Å². The van der Waals surface area contributed by atoms with E-state index in [0.717, 1.165) is 44.5 Å². The molecule has 0 saturated carbocycles. The predicted molar refractivity (Wildman–Crippen MR) is 243 cm³/mol. The van der Waals surface area contributed by atoms with Crippen molar-refractivity contribution >= 4 is 31.5 Å². The SMILES string of the molecule is CC1(C)c2ccccc2-c2c(-c3nc(-c4ccc(-c5cccc6c5sc5ccccc56)cc4)nc(-c4cc(-c5ccccc5)cc(-c5ccccc5)c4)n3)cccc21. The molecule has 0 N–H and O–H groups in total. The first kappa shape index (κ1) is 34.3. The van der Waals surface area contributed by atoms with Crippen LogP contribution in [0.5, 0.6) is 0 Å². The maximum atomic E-state index is 5.37. The van der Waals surface area contributed by atoms with E-state index in [4.69, 9.17) is 15.0 Å². The van der Waals surface area contributed by atoms with Crippen molar-refractivity contribution < 1.29 is 0 Å². The molecule has 10 aromatic rings. The van der Waals surface area contributed by atoms with Gasteiger partial charge in [-0.2, -0.15) is 0 Å². The van der Waals surface area contributed by atoms with Crippen molar-refractivity contribution in [2.75, 3.05) is 0 Å². The molecule has 1 aliphatic carbocycles. The summed E-state index contributed by atoms with van der Waals surface area (Å²) in [5, 5.41) is 2.60. The van der Waals surface area contributed by atoms with Gasteiger partial charge in [-0.05, 0) is 79.9 Å². The molecule has 0 saturated heterocycles. The van der Waals surface area contributed by atoms with Gasteiger partial charge in [0.25, 0.3) is 0 Å². The fraction of sp³-hybridized carbons (Fsp3) is 0.0556. The third-order valence-corrected chi connectivity index (χ3v) is 13.0. The summed E-state index contributed by atoms with van der Waals surface area (Å²) in [6.07, 6.45) is 0. The molecular weight excluding hydrogens is 723 g/mol. The van der Waals surface area contributed by atoms with E-state index < -0.39 is 0 Å². The normalized spacial score (nSPS) is 12.8. The van der Waals surface area contributed by atoms with E-state index in [1.807, 2.05) is 11.3 Å². The smallest absolute Gasteiger partial charge is 0.164 e. The largest absolute Gasteiger partial charge is 0.208 e. The second kappa shape index (κ2) is 13.6. The Morgan fingerprint density at radius 3 is 1.62 bits per heavy atom. The lowest BCUT2D eigenvalue weighted by Gasteiger charge is -2.21. The van der Waals surface area contributed by atoms with Crippen LogP contribution >= 0.6 is 11.3 Å². The molecule has 1 aliphatic rings. The Hall–Kier alpha value is -7.01. The Labute approximate surface area is 342 Å². The highest BCUT2D eigenvalue weighted by molar-refractivity contribution is 7.26. The molecule has 0 spiro atoms. The Morgan fingerprint density at radius 1 is 0.362 bits per heavy atom. The van der Waals surface area contributed by atoms with E-state index in [-0.39, 0.29) is 5.41 Å². The van der Waals surface area contributed by atoms with Gasteiger partial charge in [0.15, 0.2) is 17.5 Å². The number of benzene rings is 8. The first-order valence-corrected chi connectivity index (χ1v) is 20.6. The standard InChI is InChI=1S/C54H37N3S/c1-54(2)46-24-11-9-20-44(46)49-45(23-14-25-47(49)54)53-56-51(37-29-27-36(28-30-37)41-21-13-22-43-42-19-10-12-26-48(42)58-50(41)43)55-52(57-53)40-32-38(34-15-5-3-6-16-34)31-39(33-40)35-17-7-4-8-18-35/h3-33H,1-2H3. The van der Waals surface area contributed by atoms with Crippen molar-refractivity contribution in [2.24, 2.45) is 0 Å². The van der Waals surface area contributed by atoms with Gasteiger partial charge in [-0.1, -0.05) is 178 Å². The maximum absolute atomic E-state index is 5.37. The number of rotatable bonds is 6. The minimum Gasteiger partial charge on any atom is -0.208 e. The molecule has 0 aliphatic heterocycles. The highest BCUT2D eigenvalue weighted by Crippen LogP contribution is 2.52. The minimum atomic E-state index is -0.150. The second-order valence-corrected chi connectivity index (χ2v) is 16.6.